The molecule has 0 spiro atoms. The lowest BCUT2D eigenvalue weighted by atomic mass is 10.1. The second-order valence-corrected chi connectivity index (χ2v) is 5.97. The van der Waals surface area contributed by atoms with Gasteiger partial charge in [-0.3, -0.25) is 0 Å². The van der Waals surface area contributed by atoms with Crippen LogP contribution in [0.5, 0.6) is 5.75 Å². The Morgan fingerprint density at radius 2 is 1.71 bits per heavy atom. The zero-order chi connectivity index (χ0) is 15.8. The number of aromatic hydroxyl groups is 1. The molecule has 0 radical (unpaired) electrons. The SMILES string of the molecule is CCCCCCCCOC(=O)c1c(O)c(Cl)cc(Cl)c1Cl. The van der Waals surface area contributed by atoms with Gasteiger partial charge in [0.25, 0.3) is 0 Å². The lowest BCUT2D eigenvalue weighted by molar-refractivity contribution is 0.0494. The van der Waals surface area contributed by atoms with E-state index in [4.69, 9.17) is 39.5 Å². The fourth-order valence-electron chi connectivity index (χ4n) is 1.89. The van der Waals surface area contributed by atoms with Crippen molar-refractivity contribution in [2.24, 2.45) is 0 Å². The Morgan fingerprint density at radius 3 is 2.38 bits per heavy atom. The largest absolute Gasteiger partial charge is 0.505 e. The van der Waals surface area contributed by atoms with Gasteiger partial charge in [-0.1, -0.05) is 73.8 Å². The van der Waals surface area contributed by atoms with Gasteiger partial charge in [-0.15, -0.1) is 0 Å². The van der Waals surface area contributed by atoms with E-state index < -0.39 is 11.7 Å². The maximum absolute atomic E-state index is 11.9. The molecule has 0 saturated carbocycles. The summed E-state index contributed by atoms with van der Waals surface area (Å²) in [6, 6.07) is 1.28. The highest BCUT2D eigenvalue weighted by Crippen LogP contribution is 2.38. The second kappa shape index (κ2) is 9.39. The molecule has 6 heteroatoms. The number of benzene rings is 1. The van der Waals surface area contributed by atoms with Crippen LogP contribution < -0.4 is 0 Å². The first-order valence-corrected chi connectivity index (χ1v) is 8.16. The van der Waals surface area contributed by atoms with E-state index in [2.05, 4.69) is 6.92 Å². The molecule has 0 saturated heterocycles. The minimum absolute atomic E-state index is 0.0316. The number of rotatable bonds is 8. The van der Waals surface area contributed by atoms with Gasteiger partial charge in [-0.05, 0) is 12.5 Å². The Morgan fingerprint density at radius 1 is 1.10 bits per heavy atom. The predicted octanol–water partition coefficient (Wildman–Crippen LogP) is 5.87. The molecule has 0 aliphatic carbocycles. The summed E-state index contributed by atoms with van der Waals surface area (Å²) < 4.78 is 5.11. The van der Waals surface area contributed by atoms with Crippen molar-refractivity contribution < 1.29 is 14.6 Å². The Bertz CT molecular complexity index is 463. The molecule has 118 valence electrons. The van der Waals surface area contributed by atoms with Crippen LogP contribution in [0.2, 0.25) is 15.1 Å². The first kappa shape index (κ1) is 18.4. The molecule has 21 heavy (non-hydrogen) atoms. The number of carbonyl (C=O) groups excluding carboxylic acids is 1. The molecule has 0 aliphatic rings. The van der Waals surface area contributed by atoms with Gasteiger partial charge in [0.05, 0.1) is 21.7 Å². The Kier molecular flexibility index (Phi) is 8.23. The van der Waals surface area contributed by atoms with E-state index in [9.17, 15) is 9.90 Å². The molecule has 0 unspecified atom stereocenters. The van der Waals surface area contributed by atoms with Gasteiger partial charge in [0.1, 0.15) is 11.3 Å². The minimum atomic E-state index is -0.713. The standard InChI is InChI=1S/C15H19Cl3O3/c1-2-3-4-5-6-7-8-21-15(20)12-13(18)10(16)9-11(17)14(12)19/h9,19H,2-8H2,1H3. The highest BCUT2D eigenvalue weighted by Gasteiger charge is 2.22. The van der Waals surface area contributed by atoms with Crippen LogP contribution in [0, 0.1) is 0 Å². The smallest absolute Gasteiger partial charge is 0.343 e. The van der Waals surface area contributed by atoms with E-state index >= 15 is 0 Å². The number of phenols is 1. The molecule has 0 fully saturated rings. The molecular weight excluding hydrogens is 335 g/mol. The van der Waals surface area contributed by atoms with Gasteiger partial charge >= 0.3 is 5.97 Å². The number of hydrogen-bond donors (Lipinski definition) is 1. The van der Waals surface area contributed by atoms with E-state index in [0.29, 0.717) is 0 Å². The second-order valence-electron chi connectivity index (χ2n) is 4.78. The Hall–Kier alpha value is -0.640. The van der Waals surface area contributed by atoms with E-state index in [1.165, 1.54) is 25.3 Å². The first-order chi connectivity index (χ1) is 9.99. The van der Waals surface area contributed by atoms with Crippen LogP contribution in [-0.2, 0) is 4.74 Å². The highest BCUT2D eigenvalue weighted by atomic mass is 35.5. The third-order valence-electron chi connectivity index (χ3n) is 3.08. The fourth-order valence-corrected chi connectivity index (χ4v) is 2.58. The van der Waals surface area contributed by atoms with Gasteiger partial charge in [0, 0.05) is 0 Å². The summed E-state index contributed by atoms with van der Waals surface area (Å²) in [6.07, 6.45) is 6.53. The van der Waals surface area contributed by atoms with Gasteiger partial charge in [0.15, 0.2) is 0 Å². The average Bonchev–Trinajstić information content (AvgIpc) is 2.44. The van der Waals surface area contributed by atoms with E-state index in [0.717, 1.165) is 19.3 Å². The van der Waals surface area contributed by atoms with E-state index in [-0.39, 0.29) is 27.2 Å². The third kappa shape index (κ3) is 5.57. The van der Waals surface area contributed by atoms with Gasteiger partial charge in [-0.25, -0.2) is 4.79 Å². The van der Waals surface area contributed by atoms with Gasteiger partial charge in [0.2, 0.25) is 0 Å². The lowest BCUT2D eigenvalue weighted by Crippen LogP contribution is -2.08. The van der Waals surface area contributed by atoms with Crippen LogP contribution in [0.25, 0.3) is 0 Å². The number of esters is 1. The minimum Gasteiger partial charge on any atom is -0.505 e. The maximum Gasteiger partial charge on any atom is 0.343 e. The number of carbonyl (C=O) groups is 1. The average molecular weight is 354 g/mol. The summed E-state index contributed by atoms with van der Waals surface area (Å²) in [4.78, 5) is 11.9. The molecule has 3 nitrogen and oxygen atoms in total. The molecule has 0 aliphatic heterocycles. The van der Waals surface area contributed by atoms with Crippen molar-refractivity contribution in [3.8, 4) is 5.75 Å². The number of ether oxygens (including phenoxy) is 1. The lowest BCUT2D eigenvalue weighted by Gasteiger charge is -2.10. The molecule has 1 rings (SSSR count). The highest BCUT2D eigenvalue weighted by molar-refractivity contribution is 6.45. The molecular formula is C15H19Cl3O3. The van der Waals surface area contributed by atoms with Gasteiger partial charge < -0.3 is 9.84 Å². The van der Waals surface area contributed by atoms with Crippen LogP contribution in [0.1, 0.15) is 55.8 Å². The summed E-state index contributed by atoms with van der Waals surface area (Å²) in [5.41, 5.74) is -0.180. The van der Waals surface area contributed by atoms with Crippen molar-refractivity contribution in [3.63, 3.8) is 0 Å². The van der Waals surface area contributed by atoms with Crippen LogP contribution >= 0.6 is 34.8 Å². The van der Waals surface area contributed by atoms with Crippen LogP contribution in [0.4, 0.5) is 0 Å². The molecule has 0 aromatic heterocycles. The summed E-state index contributed by atoms with van der Waals surface area (Å²) in [5, 5.41) is 9.82. The number of hydrogen-bond acceptors (Lipinski definition) is 3. The predicted molar refractivity (Wildman–Crippen MR) is 86.8 cm³/mol. The van der Waals surface area contributed by atoms with Crippen molar-refractivity contribution in [1.29, 1.82) is 0 Å². The normalized spacial score (nSPS) is 10.7. The van der Waals surface area contributed by atoms with Gasteiger partial charge in [-0.2, -0.15) is 0 Å². The third-order valence-corrected chi connectivity index (χ3v) is 4.16. The van der Waals surface area contributed by atoms with Crippen molar-refractivity contribution in [2.75, 3.05) is 6.61 Å². The fraction of sp³-hybridized carbons (Fsp3) is 0.533. The zero-order valence-corrected chi connectivity index (χ0v) is 14.2. The number of halogens is 3. The summed E-state index contributed by atoms with van der Waals surface area (Å²) in [6.45, 7) is 2.44. The van der Waals surface area contributed by atoms with Crippen molar-refractivity contribution in [1.82, 2.24) is 0 Å². The summed E-state index contributed by atoms with van der Waals surface area (Å²) in [7, 11) is 0. The van der Waals surface area contributed by atoms with E-state index in [1.807, 2.05) is 0 Å². The maximum atomic E-state index is 11.9. The van der Waals surface area contributed by atoms with Crippen molar-refractivity contribution in [3.05, 3.63) is 26.7 Å². The number of phenolic OH excluding ortho intramolecular Hbond substituents is 1. The zero-order valence-electron chi connectivity index (χ0n) is 11.9. The molecule has 0 heterocycles. The van der Waals surface area contributed by atoms with Crippen LogP contribution in [0.3, 0.4) is 0 Å². The van der Waals surface area contributed by atoms with Crippen molar-refractivity contribution in [2.45, 2.75) is 45.4 Å². The van der Waals surface area contributed by atoms with Crippen LogP contribution in [0.15, 0.2) is 6.07 Å². The topological polar surface area (TPSA) is 46.5 Å². The Balaban J connectivity index is 2.50. The molecule has 0 atom stereocenters. The summed E-state index contributed by atoms with van der Waals surface area (Å²) >= 11 is 17.5. The van der Waals surface area contributed by atoms with E-state index in [1.54, 1.807) is 0 Å². The molecule has 0 amide bonds. The first-order valence-electron chi connectivity index (χ1n) is 7.02. The van der Waals surface area contributed by atoms with Crippen molar-refractivity contribution >= 4 is 40.8 Å². The quantitative estimate of drug-likeness (QED) is 0.361. The Labute approximate surface area is 140 Å². The molecule has 1 N–H and O–H groups in total. The number of unbranched alkanes of at least 4 members (excludes halogenated alkanes) is 5. The summed E-state index contributed by atoms with van der Waals surface area (Å²) in [5.74, 6) is -1.12. The molecule has 1 aromatic rings. The molecule has 1 aromatic carbocycles. The van der Waals surface area contributed by atoms with Crippen LogP contribution in [-0.4, -0.2) is 17.7 Å². The monoisotopic (exact) mass is 352 g/mol. The molecule has 0 bridgehead atoms.